The number of fused-ring (bicyclic) bond motifs is 1. The van der Waals surface area contributed by atoms with Crippen LogP contribution < -0.4 is 20.3 Å². The van der Waals surface area contributed by atoms with Gasteiger partial charge in [-0.25, -0.2) is 13.1 Å². The number of ether oxygens (including phenoxy) is 1. The average Bonchev–Trinajstić information content (AvgIpc) is 3.31. The van der Waals surface area contributed by atoms with Crippen molar-refractivity contribution in [1.29, 1.82) is 0 Å². The highest BCUT2D eigenvalue weighted by Gasteiger charge is 2.27. The lowest BCUT2D eigenvalue weighted by Gasteiger charge is -2.10. The first-order valence-electron chi connectivity index (χ1n) is 8.46. The molecule has 2 aromatic carbocycles. The minimum atomic E-state index is -3.47. The number of carbonyl (C=O) groups is 1. The molecule has 0 aromatic heterocycles. The van der Waals surface area contributed by atoms with E-state index in [0.29, 0.717) is 17.9 Å². The fraction of sp³-hybridized carbons (Fsp3) is 0.278. The minimum Gasteiger partial charge on any atom is -0.493 e. The van der Waals surface area contributed by atoms with Crippen molar-refractivity contribution in [2.24, 2.45) is 0 Å². The molecule has 1 amide bonds. The largest absolute Gasteiger partial charge is 0.493 e. The monoisotopic (exact) mass is 373 g/mol. The second-order valence-corrected chi connectivity index (χ2v) is 8.13. The van der Waals surface area contributed by atoms with E-state index in [1.54, 1.807) is 24.3 Å². The Bertz CT molecular complexity index is 937. The van der Waals surface area contributed by atoms with Crippen LogP contribution in [-0.4, -0.2) is 27.0 Å². The number of rotatable bonds is 6. The Balaban J connectivity index is 1.37. The third-order valence-electron chi connectivity index (χ3n) is 4.34. The highest BCUT2D eigenvalue weighted by Crippen LogP contribution is 2.26. The van der Waals surface area contributed by atoms with Crippen LogP contribution in [0.4, 0.5) is 5.69 Å². The molecule has 0 unspecified atom stereocenters. The van der Waals surface area contributed by atoms with Crippen molar-refractivity contribution in [1.82, 2.24) is 10.1 Å². The Morgan fingerprint density at radius 1 is 1.08 bits per heavy atom. The van der Waals surface area contributed by atoms with Crippen LogP contribution in [0.3, 0.4) is 0 Å². The summed E-state index contributed by atoms with van der Waals surface area (Å²) in [6.45, 7) is 0.642. The van der Waals surface area contributed by atoms with Crippen molar-refractivity contribution in [2.75, 3.05) is 12.0 Å². The molecule has 1 heterocycles. The highest BCUT2D eigenvalue weighted by molar-refractivity contribution is 7.89. The average molecular weight is 373 g/mol. The second kappa shape index (κ2) is 6.62. The number of carbonyl (C=O) groups excluding carboxylic acids is 1. The van der Waals surface area contributed by atoms with Gasteiger partial charge >= 0.3 is 0 Å². The van der Waals surface area contributed by atoms with Crippen LogP contribution in [0.2, 0.25) is 0 Å². The van der Waals surface area contributed by atoms with Gasteiger partial charge in [-0.15, -0.1) is 0 Å². The smallest absolute Gasteiger partial charge is 0.269 e. The van der Waals surface area contributed by atoms with E-state index < -0.39 is 10.0 Å². The van der Waals surface area contributed by atoms with Crippen molar-refractivity contribution in [3.63, 3.8) is 0 Å². The van der Waals surface area contributed by atoms with E-state index in [4.69, 9.17) is 4.74 Å². The van der Waals surface area contributed by atoms with Gasteiger partial charge in [-0.3, -0.25) is 15.6 Å². The van der Waals surface area contributed by atoms with Crippen LogP contribution in [0.5, 0.6) is 5.75 Å². The SMILES string of the molecule is O=C(NNc1ccc(S(=O)(=O)NC2CC2)cc1)c1ccc2c(c1)CCO2. The lowest BCUT2D eigenvalue weighted by molar-refractivity contribution is 0.0962. The summed E-state index contributed by atoms with van der Waals surface area (Å²) in [6, 6.07) is 11.6. The maximum Gasteiger partial charge on any atom is 0.269 e. The van der Waals surface area contributed by atoms with Gasteiger partial charge in [0.05, 0.1) is 17.2 Å². The molecule has 8 heteroatoms. The summed E-state index contributed by atoms with van der Waals surface area (Å²) in [5, 5.41) is 0. The molecule has 0 radical (unpaired) electrons. The van der Waals surface area contributed by atoms with E-state index in [2.05, 4.69) is 15.6 Å². The van der Waals surface area contributed by atoms with Gasteiger partial charge in [0.15, 0.2) is 0 Å². The van der Waals surface area contributed by atoms with E-state index >= 15 is 0 Å². The van der Waals surface area contributed by atoms with Crippen LogP contribution in [0.25, 0.3) is 0 Å². The predicted molar refractivity (Wildman–Crippen MR) is 96.5 cm³/mol. The number of anilines is 1. The molecule has 3 N–H and O–H groups in total. The fourth-order valence-electron chi connectivity index (χ4n) is 2.73. The molecule has 26 heavy (non-hydrogen) atoms. The molecule has 4 rings (SSSR count). The summed E-state index contributed by atoms with van der Waals surface area (Å²) < 4.78 is 32.3. The van der Waals surface area contributed by atoms with Crippen molar-refractivity contribution >= 4 is 21.6 Å². The number of benzene rings is 2. The number of hydrogen-bond acceptors (Lipinski definition) is 5. The van der Waals surface area contributed by atoms with Gasteiger partial charge in [0.25, 0.3) is 5.91 Å². The molecule has 0 spiro atoms. The topological polar surface area (TPSA) is 96.5 Å². The molecule has 0 atom stereocenters. The number of nitrogens with one attached hydrogen (secondary N) is 3. The minimum absolute atomic E-state index is 0.0646. The number of sulfonamides is 1. The molecule has 1 fully saturated rings. The van der Waals surface area contributed by atoms with E-state index in [-0.39, 0.29) is 16.8 Å². The molecule has 2 aromatic rings. The number of hydrogen-bond donors (Lipinski definition) is 3. The zero-order valence-electron chi connectivity index (χ0n) is 14.0. The standard InChI is InChI=1S/C18H19N3O4S/c22-18(13-1-8-17-12(11-13)9-10-25-17)20-19-14-4-6-16(7-5-14)26(23,24)21-15-2-3-15/h1,4-8,11,15,19,21H,2-3,9-10H2,(H,20,22). The summed E-state index contributed by atoms with van der Waals surface area (Å²) >= 11 is 0. The van der Waals surface area contributed by atoms with E-state index in [0.717, 1.165) is 30.6 Å². The van der Waals surface area contributed by atoms with Crippen LogP contribution in [0.1, 0.15) is 28.8 Å². The normalized spacial score (nSPS) is 15.8. The van der Waals surface area contributed by atoms with E-state index in [9.17, 15) is 13.2 Å². The quantitative estimate of drug-likeness (QED) is 0.671. The summed E-state index contributed by atoms with van der Waals surface area (Å²) in [4.78, 5) is 12.5. The summed E-state index contributed by atoms with van der Waals surface area (Å²) in [5.74, 6) is 0.554. The molecular weight excluding hydrogens is 354 g/mol. The van der Waals surface area contributed by atoms with Crippen LogP contribution in [0, 0.1) is 0 Å². The first kappa shape index (κ1) is 16.9. The van der Waals surface area contributed by atoms with Crippen molar-refractivity contribution in [2.45, 2.75) is 30.2 Å². The van der Waals surface area contributed by atoms with Gasteiger partial charge in [-0.1, -0.05) is 0 Å². The third-order valence-corrected chi connectivity index (χ3v) is 5.87. The molecule has 2 aliphatic rings. The second-order valence-electron chi connectivity index (χ2n) is 6.42. The highest BCUT2D eigenvalue weighted by atomic mass is 32.2. The first-order chi connectivity index (χ1) is 12.5. The maximum absolute atomic E-state index is 12.3. The van der Waals surface area contributed by atoms with Gasteiger partial charge in [0.1, 0.15) is 5.75 Å². The molecule has 1 saturated carbocycles. The van der Waals surface area contributed by atoms with E-state index in [1.165, 1.54) is 12.1 Å². The summed E-state index contributed by atoms with van der Waals surface area (Å²) in [7, 11) is -3.47. The zero-order valence-corrected chi connectivity index (χ0v) is 14.8. The number of amides is 1. The Morgan fingerprint density at radius 3 is 2.58 bits per heavy atom. The Morgan fingerprint density at radius 2 is 1.85 bits per heavy atom. The Kier molecular flexibility index (Phi) is 4.29. The molecule has 136 valence electrons. The molecule has 0 bridgehead atoms. The summed E-state index contributed by atoms with van der Waals surface area (Å²) in [6.07, 6.45) is 2.58. The molecule has 1 aliphatic heterocycles. The molecule has 1 aliphatic carbocycles. The van der Waals surface area contributed by atoms with Gasteiger partial charge in [-0.2, -0.15) is 0 Å². The predicted octanol–water partition coefficient (Wildman–Crippen LogP) is 1.82. The lowest BCUT2D eigenvalue weighted by Crippen LogP contribution is -2.29. The first-order valence-corrected chi connectivity index (χ1v) is 9.94. The van der Waals surface area contributed by atoms with Gasteiger partial charge in [0, 0.05) is 18.0 Å². The van der Waals surface area contributed by atoms with Crippen LogP contribution >= 0.6 is 0 Å². The maximum atomic E-state index is 12.3. The van der Waals surface area contributed by atoms with Crippen LogP contribution in [-0.2, 0) is 16.4 Å². The molecule has 7 nitrogen and oxygen atoms in total. The van der Waals surface area contributed by atoms with Gasteiger partial charge in [-0.05, 0) is 60.9 Å². The third kappa shape index (κ3) is 3.66. The lowest BCUT2D eigenvalue weighted by atomic mass is 10.1. The molecule has 0 saturated heterocycles. The van der Waals surface area contributed by atoms with Crippen LogP contribution in [0.15, 0.2) is 47.4 Å². The van der Waals surface area contributed by atoms with Gasteiger partial charge < -0.3 is 4.74 Å². The van der Waals surface area contributed by atoms with E-state index in [1.807, 2.05) is 6.07 Å². The molecular formula is C18H19N3O4S. The zero-order chi connectivity index (χ0) is 18.1. The van der Waals surface area contributed by atoms with Gasteiger partial charge in [0.2, 0.25) is 10.0 Å². The van der Waals surface area contributed by atoms with Crippen molar-refractivity contribution < 1.29 is 17.9 Å². The summed E-state index contributed by atoms with van der Waals surface area (Å²) in [5.41, 5.74) is 7.56. The number of hydrazine groups is 1. The van der Waals surface area contributed by atoms with Crippen molar-refractivity contribution in [3.8, 4) is 5.75 Å². The Labute approximate surface area is 151 Å². The van der Waals surface area contributed by atoms with Crippen molar-refractivity contribution in [3.05, 3.63) is 53.6 Å². The Hall–Kier alpha value is -2.58. The fourth-order valence-corrected chi connectivity index (χ4v) is 4.04.